The average Bonchev–Trinajstić information content (AvgIpc) is 3.60. The van der Waals surface area contributed by atoms with Gasteiger partial charge in [0.15, 0.2) is 0 Å². The van der Waals surface area contributed by atoms with Crippen LogP contribution in [0.15, 0.2) is 72.4 Å². The normalized spacial score (nSPS) is 13.8. The van der Waals surface area contributed by atoms with Crippen LogP contribution in [0.4, 0.5) is 5.69 Å². The van der Waals surface area contributed by atoms with Gasteiger partial charge in [-0.2, -0.15) is 0 Å². The van der Waals surface area contributed by atoms with Crippen LogP contribution >= 0.6 is 0 Å². The monoisotopic (exact) mass is 481 g/mol. The molecule has 1 aliphatic rings. The Labute approximate surface area is 206 Å². The standard InChI is InChI=1S/C26H23N7O3/c1-32-16-28-13-19(32)14-33-9-3-5-21(26(33)36)24(34)29-8-2-4-17-6-7-20-22(11-18-12-27-15-30-18)25(35)31-23(20)10-17/h2-7,9-13,15-16H,8,14H2,1H3,(H,27,30)(H,29,34)(H,31,35)/b4-2+,22-11-. The predicted octanol–water partition coefficient (Wildman–Crippen LogP) is 2.29. The first-order valence-electron chi connectivity index (χ1n) is 11.2. The van der Waals surface area contributed by atoms with Crippen molar-refractivity contribution in [2.75, 3.05) is 11.9 Å². The summed E-state index contributed by atoms with van der Waals surface area (Å²) in [7, 11) is 1.85. The highest BCUT2D eigenvalue weighted by Crippen LogP contribution is 2.33. The number of hydrogen-bond donors (Lipinski definition) is 3. The summed E-state index contributed by atoms with van der Waals surface area (Å²) < 4.78 is 3.31. The van der Waals surface area contributed by atoms with Crippen molar-refractivity contribution >= 4 is 35.2 Å². The fourth-order valence-corrected chi connectivity index (χ4v) is 3.95. The molecule has 0 bridgehead atoms. The van der Waals surface area contributed by atoms with Crippen molar-refractivity contribution in [1.82, 2.24) is 29.4 Å². The molecule has 3 aromatic heterocycles. The molecule has 2 amide bonds. The van der Waals surface area contributed by atoms with Crippen LogP contribution < -0.4 is 16.2 Å². The maximum atomic E-state index is 12.8. The van der Waals surface area contributed by atoms with Crippen molar-refractivity contribution in [3.63, 3.8) is 0 Å². The molecule has 0 unspecified atom stereocenters. The summed E-state index contributed by atoms with van der Waals surface area (Å²) >= 11 is 0. The second kappa shape index (κ2) is 9.71. The van der Waals surface area contributed by atoms with Crippen LogP contribution in [0.3, 0.4) is 0 Å². The van der Waals surface area contributed by atoms with Gasteiger partial charge in [-0.25, -0.2) is 9.97 Å². The molecule has 10 heteroatoms. The fourth-order valence-electron chi connectivity index (χ4n) is 3.95. The number of aromatic amines is 1. The van der Waals surface area contributed by atoms with Crippen LogP contribution in [-0.2, 0) is 18.4 Å². The zero-order valence-electron chi connectivity index (χ0n) is 19.4. The molecule has 180 valence electrons. The van der Waals surface area contributed by atoms with Crippen molar-refractivity contribution in [3.8, 4) is 0 Å². The maximum Gasteiger partial charge on any atom is 0.263 e. The number of aryl methyl sites for hydroxylation is 1. The molecule has 1 aliphatic heterocycles. The Hall–Kier alpha value is -4.99. The van der Waals surface area contributed by atoms with E-state index in [1.165, 1.54) is 10.6 Å². The number of anilines is 1. The first kappa shape index (κ1) is 22.8. The van der Waals surface area contributed by atoms with Crippen molar-refractivity contribution in [2.24, 2.45) is 7.05 Å². The van der Waals surface area contributed by atoms with Gasteiger partial charge in [0, 0.05) is 37.2 Å². The smallest absolute Gasteiger partial charge is 0.263 e. The van der Waals surface area contributed by atoms with E-state index in [1.54, 1.807) is 49.5 Å². The molecule has 4 aromatic rings. The van der Waals surface area contributed by atoms with Gasteiger partial charge in [0.2, 0.25) is 0 Å². The van der Waals surface area contributed by atoms with E-state index < -0.39 is 5.91 Å². The van der Waals surface area contributed by atoms with Gasteiger partial charge in [-0.05, 0) is 29.8 Å². The minimum atomic E-state index is -0.446. The molecule has 36 heavy (non-hydrogen) atoms. The minimum absolute atomic E-state index is 0.0740. The van der Waals surface area contributed by atoms with Gasteiger partial charge < -0.3 is 24.8 Å². The minimum Gasteiger partial charge on any atom is -0.348 e. The molecule has 0 spiro atoms. The van der Waals surface area contributed by atoms with Gasteiger partial charge in [0.05, 0.1) is 42.4 Å². The number of benzene rings is 1. The van der Waals surface area contributed by atoms with Crippen LogP contribution in [0.2, 0.25) is 0 Å². The highest BCUT2D eigenvalue weighted by atomic mass is 16.2. The van der Waals surface area contributed by atoms with Crippen LogP contribution in [0.25, 0.3) is 17.7 Å². The second-order valence-corrected chi connectivity index (χ2v) is 8.29. The lowest BCUT2D eigenvalue weighted by Gasteiger charge is -2.08. The number of nitrogens with one attached hydrogen (secondary N) is 3. The molecule has 1 aromatic carbocycles. The number of imidazole rings is 2. The van der Waals surface area contributed by atoms with Crippen molar-refractivity contribution < 1.29 is 9.59 Å². The number of aromatic nitrogens is 5. The number of carbonyl (C=O) groups excluding carboxylic acids is 2. The molecule has 0 aliphatic carbocycles. The molecular formula is C26H23N7O3. The van der Waals surface area contributed by atoms with E-state index in [4.69, 9.17) is 0 Å². The maximum absolute atomic E-state index is 12.8. The van der Waals surface area contributed by atoms with E-state index in [0.29, 0.717) is 12.1 Å². The summed E-state index contributed by atoms with van der Waals surface area (Å²) in [5, 5.41) is 5.63. The second-order valence-electron chi connectivity index (χ2n) is 8.29. The van der Waals surface area contributed by atoms with Gasteiger partial charge in [-0.15, -0.1) is 0 Å². The summed E-state index contributed by atoms with van der Waals surface area (Å²) in [5.41, 5.74) is 4.26. The van der Waals surface area contributed by atoms with E-state index >= 15 is 0 Å². The molecule has 10 nitrogen and oxygen atoms in total. The Morgan fingerprint density at radius 3 is 2.83 bits per heavy atom. The van der Waals surface area contributed by atoms with Crippen LogP contribution in [-0.4, -0.2) is 42.4 Å². The van der Waals surface area contributed by atoms with Gasteiger partial charge in [-0.3, -0.25) is 14.4 Å². The Kier molecular flexibility index (Phi) is 6.14. The van der Waals surface area contributed by atoms with E-state index in [1.807, 2.05) is 35.9 Å². The Bertz CT molecular complexity index is 1560. The van der Waals surface area contributed by atoms with Crippen LogP contribution in [0.5, 0.6) is 0 Å². The Morgan fingerprint density at radius 2 is 2.06 bits per heavy atom. The third kappa shape index (κ3) is 4.64. The molecule has 0 atom stereocenters. The summed E-state index contributed by atoms with van der Waals surface area (Å²) in [5.74, 6) is -0.622. The van der Waals surface area contributed by atoms with Gasteiger partial charge in [0.25, 0.3) is 17.4 Å². The quantitative estimate of drug-likeness (QED) is 0.349. The molecule has 0 radical (unpaired) electrons. The molecule has 5 rings (SSSR count). The number of rotatable bonds is 7. The summed E-state index contributed by atoms with van der Waals surface area (Å²) in [6, 6.07) is 8.83. The van der Waals surface area contributed by atoms with Crippen molar-refractivity contribution in [3.05, 3.63) is 106 Å². The topological polar surface area (TPSA) is 127 Å². The van der Waals surface area contributed by atoms with E-state index in [-0.39, 0.29) is 23.6 Å². The average molecular weight is 482 g/mol. The zero-order valence-corrected chi connectivity index (χ0v) is 19.4. The highest BCUT2D eigenvalue weighted by Gasteiger charge is 2.24. The van der Waals surface area contributed by atoms with Crippen LogP contribution in [0.1, 0.15) is 32.9 Å². The summed E-state index contributed by atoms with van der Waals surface area (Å²) in [6.07, 6.45) is 13.6. The molecule has 4 heterocycles. The molecule has 0 saturated carbocycles. The summed E-state index contributed by atoms with van der Waals surface area (Å²) in [6.45, 7) is 0.563. The fraction of sp³-hybridized carbons (Fsp3) is 0.115. The first-order chi connectivity index (χ1) is 17.5. The highest BCUT2D eigenvalue weighted by molar-refractivity contribution is 6.34. The van der Waals surface area contributed by atoms with Gasteiger partial charge in [0.1, 0.15) is 5.56 Å². The van der Waals surface area contributed by atoms with Crippen molar-refractivity contribution in [2.45, 2.75) is 6.54 Å². The van der Waals surface area contributed by atoms with E-state index in [2.05, 4.69) is 25.6 Å². The predicted molar refractivity (Wildman–Crippen MR) is 136 cm³/mol. The van der Waals surface area contributed by atoms with E-state index in [9.17, 15) is 14.4 Å². The SMILES string of the molecule is Cn1cncc1Cn1cccc(C(=O)NC/C=C/c2ccc3c(c2)NC(=O)/C3=C\c2cnc[nH]2)c1=O. The lowest BCUT2D eigenvalue weighted by molar-refractivity contribution is -0.110. The number of pyridine rings is 1. The lowest BCUT2D eigenvalue weighted by atomic mass is 10.0. The Morgan fingerprint density at radius 1 is 1.17 bits per heavy atom. The number of H-pyrrole nitrogens is 1. The van der Waals surface area contributed by atoms with Gasteiger partial charge >= 0.3 is 0 Å². The first-order valence-corrected chi connectivity index (χ1v) is 11.2. The van der Waals surface area contributed by atoms with Crippen molar-refractivity contribution in [1.29, 1.82) is 0 Å². The number of carbonyl (C=O) groups is 2. The Balaban J connectivity index is 1.23. The molecular weight excluding hydrogens is 458 g/mol. The molecule has 0 saturated heterocycles. The summed E-state index contributed by atoms with van der Waals surface area (Å²) in [4.78, 5) is 48.8. The zero-order chi connectivity index (χ0) is 25.1. The van der Waals surface area contributed by atoms with E-state index in [0.717, 1.165) is 28.2 Å². The third-order valence-electron chi connectivity index (χ3n) is 5.85. The van der Waals surface area contributed by atoms with Gasteiger partial charge in [-0.1, -0.05) is 24.3 Å². The molecule has 0 fully saturated rings. The lowest BCUT2D eigenvalue weighted by Crippen LogP contribution is -2.33. The largest absolute Gasteiger partial charge is 0.348 e. The third-order valence-corrected chi connectivity index (χ3v) is 5.85. The number of nitrogens with zero attached hydrogens (tertiary/aromatic N) is 4. The number of fused-ring (bicyclic) bond motifs is 1. The molecule has 3 N–H and O–H groups in total. The van der Waals surface area contributed by atoms with Crippen LogP contribution in [0, 0.1) is 0 Å². The number of hydrogen-bond acceptors (Lipinski definition) is 5. The number of amides is 2.